The molecule has 2 aromatic carbocycles. The van der Waals surface area contributed by atoms with Crippen LogP contribution >= 0.6 is 11.8 Å². The van der Waals surface area contributed by atoms with Gasteiger partial charge in [0.05, 0.1) is 22.4 Å². The highest BCUT2D eigenvalue weighted by Gasteiger charge is 2.40. The summed E-state index contributed by atoms with van der Waals surface area (Å²) < 4.78 is 13.1. The number of aryl methyl sites for hydroxylation is 1. The van der Waals surface area contributed by atoms with E-state index in [0.717, 1.165) is 28.1 Å². The van der Waals surface area contributed by atoms with Crippen molar-refractivity contribution in [2.75, 3.05) is 30.5 Å². The minimum absolute atomic E-state index is 0.0753. The normalized spacial score (nSPS) is 16.8. The fourth-order valence-corrected chi connectivity index (χ4v) is 6.06. The molecule has 8 nitrogen and oxygen atoms in total. The van der Waals surface area contributed by atoms with Crippen molar-refractivity contribution in [1.29, 1.82) is 0 Å². The third kappa shape index (κ3) is 5.50. The van der Waals surface area contributed by atoms with E-state index in [9.17, 15) is 9.59 Å². The van der Waals surface area contributed by atoms with Crippen LogP contribution in [0.2, 0.25) is 0 Å². The Hall–Kier alpha value is -3.46. The van der Waals surface area contributed by atoms with Crippen LogP contribution in [0, 0.1) is 12.8 Å². The van der Waals surface area contributed by atoms with Crippen molar-refractivity contribution in [3.05, 3.63) is 64.8 Å². The van der Waals surface area contributed by atoms with E-state index in [4.69, 9.17) is 14.6 Å². The van der Waals surface area contributed by atoms with E-state index in [1.54, 1.807) is 16.7 Å². The van der Waals surface area contributed by atoms with Crippen molar-refractivity contribution in [2.24, 2.45) is 5.92 Å². The number of nitrogens with zero attached hydrogens (tertiary/aromatic N) is 3. The van der Waals surface area contributed by atoms with Crippen LogP contribution in [0.15, 0.2) is 42.5 Å². The quantitative estimate of drug-likeness (QED) is 0.459. The molecule has 3 aromatic rings. The van der Waals surface area contributed by atoms with Gasteiger partial charge in [0.25, 0.3) is 0 Å². The molecule has 0 saturated carbocycles. The maximum Gasteiger partial charge on any atom is 0.240 e. The van der Waals surface area contributed by atoms with E-state index in [0.29, 0.717) is 29.8 Å². The SMILES string of the molecule is Cc1cccc(-n2nc(C(C)(C)C)c3c2N(CC(=O)NCC(C)C)C(=O)CS[C@@H]3c2ccc3c(c2)OCO3)c1. The van der Waals surface area contributed by atoms with Gasteiger partial charge in [-0.05, 0) is 48.2 Å². The first-order valence-electron chi connectivity index (χ1n) is 13.3. The molecule has 1 atom stereocenters. The lowest BCUT2D eigenvalue weighted by Crippen LogP contribution is -2.43. The summed E-state index contributed by atoms with van der Waals surface area (Å²) in [5, 5.41) is 7.93. The first-order chi connectivity index (χ1) is 18.5. The molecule has 0 bridgehead atoms. The van der Waals surface area contributed by atoms with E-state index < -0.39 is 0 Å². The van der Waals surface area contributed by atoms with Crippen LogP contribution in [-0.4, -0.2) is 47.2 Å². The van der Waals surface area contributed by atoms with Gasteiger partial charge in [0.1, 0.15) is 12.4 Å². The second kappa shape index (κ2) is 10.6. The number of rotatable bonds is 6. The first-order valence-corrected chi connectivity index (χ1v) is 14.4. The minimum Gasteiger partial charge on any atom is -0.454 e. The molecule has 0 saturated heterocycles. The van der Waals surface area contributed by atoms with Gasteiger partial charge in [-0.2, -0.15) is 5.10 Å². The molecule has 206 valence electrons. The number of carbonyl (C=O) groups excluding carboxylic acids is 2. The van der Waals surface area contributed by atoms with Crippen molar-refractivity contribution in [3.63, 3.8) is 0 Å². The lowest BCUT2D eigenvalue weighted by atomic mass is 9.87. The standard InChI is InChI=1S/C30H36N4O4S/c1-18(2)14-31-24(35)15-33-25(36)16-39-27(20-10-11-22-23(13-20)38-17-37-22)26-28(30(4,5)6)32-34(29(26)33)21-9-7-8-19(3)12-21/h7-13,18,27H,14-17H2,1-6H3,(H,31,35)/t27-/m1/s1. The van der Waals surface area contributed by atoms with Crippen molar-refractivity contribution < 1.29 is 19.1 Å². The Balaban J connectivity index is 1.72. The van der Waals surface area contributed by atoms with Crippen LogP contribution in [-0.2, 0) is 15.0 Å². The van der Waals surface area contributed by atoms with Crippen LogP contribution in [0.25, 0.3) is 5.69 Å². The predicted octanol–water partition coefficient (Wildman–Crippen LogP) is 5.15. The number of fused-ring (bicyclic) bond motifs is 2. The van der Waals surface area contributed by atoms with Crippen LogP contribution in [0.1, 0.15) is 62.3 Å². The summed E-state index contributed by atoms with van der Waals surface area (Å²) in [4.78, 5) is 28.5. The number of hydrogen-bond donors (Lipinski definition) is 1. The maximum absolute atomic E-state index is 13.8. The summed E-state index contributed by atoms with van der Waals surface area (Å²) >= 11 is 1.55. The van der Waals surface area contributed by atoms with Gasteiger partial charge in [-0.3, -0.25) is 14.5 Å². The van der Waals surface area contributed by atoms with Gasteiger partial charge >= 0.3 is 0 Å². The number of thioether (sulfide) groups is 1. The van der Waals surface area contributed by atoms with Gasteiger partial charge in [0.15, 0.2) is 11.5 Å². The van der Waals surface area contributed by atoms with E-state index in [-0.39, 0.29) is 41.6 Å². The molecule has 2 amide bonds. The molecule has 1 aromatic heterocycles. The van der Waals surface area contributed by atoms with E-state index in [2.05, 4.69) is 32.2 Å². The van der Waals surface area contributed by atoms with Crippen LogP contribution < -0.4 is 19.7 Å². The Bertz CT molecular complexity index is 1410. The van der Waals surface area contributed by atoms with Crippen molar-refractivity contribution in [3.8, 4) is 17.2 Å². The number of aromatic nitrogens is 2. The summed E-state index contributed by atoms with van der Waals surface area (Å²) in [5.74, 6) is 2.26. The summed E-state index contributed by atoms with van der Waals surface area (Å²) in [6.45, 7) is 13.2. The second-order valence-electron chi connectivity index (χ2n) is 11.6. The zero-order chi connectivity index (χ0) is 27.9. The lowest BCUT2D eigenvalue weighted by Gasteiger charge is -2.25. The molecule has 2 aliphatic heterocycles. The highest BCUT2D eigenvalue weighted by Crippen LogP contribution is 2.49. The molecule has 9 heteroatoms. The Kier molecular flexibility index (Phi) is 7.37. The lowest BCUT2D eigenvalue weighted by molar-refractivity contribution is -0.123. The van der Waals surface area contributed by atoms with E-state index in [1.165, 1.54) is 0 Å². The maximum atomic E-state index is 13.8. The Morgan fingerprint density at radius 3 is 2.64 bits per heavy atom. The number of anilines is 1. The number of amides is 2. The van der Waals surface area contributed by atoms with Gasteiger partial charge in [-0.25, -0.2) is 4.68 Å². The van der Waals surface area contributed by atoms with Crippen LogP contribution in [0.4, 0.5) is 5.82 Å². The number of hydrogen-bond acceptors (Lipinski definition) is 6. The average Bonchev–Trinajstić information content (AvgIpc) is 3.48. The van der Waals surface area contributed by atoms with Crippen LogP contribution in [0.3, 0.4) is 0 Å². The smallest absolute Gasteiger partial charge is 0.240 e. The molecule has 0 spiro atoms. The largest absolute Gasteiger partial charge is 0.454 e. The average molecular weight is 549 g/mol. The molecule has 39 heavy (non-hydrogen) atoms. The Morgan fingerprint density at radius 1 is 1.15 bits per heavy atom. The summed E-state index contributed by atoms with van der Waals surface area (Å²) in [6, 6.07) is 14.0. The van der Waals surface area contributed by atoms with Crippen molar-refractivity contribution in [1.82, 2.24) is 15.1 Å². The highest BCUT2D eigenvalue weighted by molar-refractivity contribution is 8.00. The Morgan fingerprint density at radius 2 is 1.92 bits per heavy atom. The van der Waals surface area contributed by atoms with Crippen molar-refractivity contribution >= 4 is 29.4 Å². The molecular weight excluding hydrogens is 512 g/mol. The van der Waals surface area contributed by atoms with E-state index in [1.807, 2.05) is 61.9 Å². The zero-order valence-corrected chi connectivity index (χ0v) is 24.2. The number of benzene rings is 2. The van der Waals surface area contributed by atoms with Gasteiger partial charge < -0.3 is 14.8 Å². The summed E-state index contributed by atoms with van der Waals surface area (Å²) in [7, 11) is 0. The van der Waals surface area contributed by atoms with Gasteiger partial charge in [-0.15, -0.1) is 11.8 Å². The molecular formula is C30H36N4O4S. The first kappa shape index (κ1) is 27.1. The fraction of sp³-hybridized carbons (Fsp3) is 0.433. The molecule has 5 rings (SSSR count). The molecule has 3 heterocycles. The number of ether oxygens (including phenoxy) is 2. The van der Waals surface area contributed by atoms with Crippen LogP contribution in [0.5, 0.6) is 11.5 Å². The fourth-order valence-electron chi connectivity index (χ4n) is 4.87. The summed E-state index contributed by atoms with van der Waals surface area (Å²) in [6.07, 6.45) is 0. The van der Waals surface area contributed by atoms with Gasteiger partial charge in [0, 0.05) is 17.5 Å². The zero-order valence-electron chi connectivity index (χ0n) is 23.4. The number of carbonyl (C=O) groups is 2. The molecule has 0 radical (unpaired) electrons. The summed E-state index contributed by atoms with van der Waals surface area (Å²) in [5.41, 5.74) is 4.42. The molecule has 0 aliphatic carbocycles. The molecule has 0 fully saturated rings. The molecule has 1 N–H and O–H groups in total. The molecule has 0 unspecified atom stereocenters. The molecule has 2 aliphatic rings. The second-order valence-corrected chi connectivity index (χ2v) is 12.7. The monoisotopic (exact) mass is 548 g/mol. The third-order valence-corrected chi connectivity index (χ3v) is 8.01. The Labute approximate surface area is 234 Å². The predicted molar refractivity (Wildman–Crippen MR) is 154 cm³/mol. The number of nitrogens with one attached hydrogen (secondary N) is 1. The highest BCUT2D eigenvalue weighted by atomic mass is 32.2. The topological polar surface area (TPSA) is 85.7 Å². The van der Waals surface area contributed by atoms with E-state index >= 15 is 0 Å². The minimum atomic E-state index is -0.326. The third-order valence-electron chi connectivity index (χ3n) is 6.75. The van der Waals surface area contributed by atoms with Gasteiger partial charge in [0.2, 0.25) is 18.6 Å². The van der Waals surface area contributed by atoms with Gasteiger partial charge in [-0.1, -0.05) is 52.8 Å². The van der Waals surface area contributed by atoms with Crippen molar-refractivity contribution in [2.45, 2.75) is 52.2 Å².